The van der Waals surface area contributed by atoms with Crippen molar-refractivity contribution in [1.29, 1.82) is 0 Å². The van der Waals surface area contributed by atoms with Crippen molar-refractivity contribution < 1.29 is 0 Å². The van der Waals surface area contributed by atoms with Gasteiger partial charge in [-0.15, -0.1) is 11.3 Å². The predicted octanol–water partition coefficient (Wildman–Crippen LogP) is 8.00. The van der Waals surface area contributed by atoms with Crippen molar-refractivity contribution in [2.24, 2.45) is 5.92 Å². The first-order valence-corrected chi connectivity index (χ1v) is 13.9. The van der Waals surface area contributed by atoms with Gasteiger partial charge in [-0.05, 0) is 79.1 Å². The topological polar surface area (TPSA) is 82.3 Å². The van der Waals surface area contributed by atoms with E-state index in [1.54, 1.807) is 11.3 Å². The van der Waals surface area contributed by atoms with Gasteiger partial charge >= 0.3 is 0 Å². The summed E-state index contributed by atoms with van der Waals surface area (Å²) in [6.07, 6.45) is 12.8. The van der Waals surface area contributed by atoms with Crippen LogP contribution in [-0.2, 0) is 0 Å². The number of rotatable bonds is 8. The number of H-pyrrole nitrogens is 2. The molecule has 0 spiro atoms. The lowest BCUT2D eigenvalue weighted by molar-refractivity contribution is 0.607. The van der Waals surface area contributed by atoms with Crippen LogP contribution in [0.25, 0.3) is 49.5 Å². The molecule has 5 heterocycles. The molecule has 7 heteroatoms. The van der Waals surface area contributed by atoms with Crippen molar-refractivity contribution in [2.75, 3.05) is 0 Å². The maximum Gasteiger partial charge on any atom is 0.138 e. The highest BCUT2D eigenvalue weighted by Gasteiger charge is 2.19. The zero-order chi connectivity index (χ0) is 26.1. The summed E-state index contributed by atoms with van der Waals surface area (Å²) < 4.78 is 0. The van der Waals surface area contributed by atoms with Gasteiger partial charge in [0.05, 0.1) is 16.9 Å². The number of aromatic amines is 2. The zero-order valence-corrected chi connectivity index (χ0v) is 22.2. The molecular weight excluding hydrogens is 488 g/mol. The molecule has 1 fully saturated rings. The Hall–Kier alpha value is -4.23. The lowest BCUT2D eigenvalue weighted by atomic mass is 10.0. The highest BCUT2D eigenvalue weighted by atomic mass is 32.1. The fraction of sp³-hybridized carbons (Fsp3) is 0.194. The Morgan fingerprint density at radius 1 is 1.18 bits per heavy atom. The number of nitrogens with zero attached hydrogens (tertiary/aromatic N) is 3. The molecule has 0 saturated heterocycles. The molecule has 0 amide bonds. The summed E-state index contributed by atoms with van der Waals surface area (Å²) >= 11 is 1.72. The van der Waals surface area contributed by atoms with Crippen LogP contribution in [0.5, 0.6) is 0 Å². The van der Waals surface area contributed by atoms with E-state index in [0.717, 1.165) is 61.7 Å². The van der Waals surface area contributed by atoms with Crippen LogP contribution in [0.3, 0.4) is 0 Å². The molecule has 0 bridgehead atoms. The highest BCUT2D eigenvalue weighted by Crippen LogP contribution is 2.35. The predicted molar refractivity (Wildman–Crippen MR) is 158 cm³/mol. The minimum absolute atomic E-state index is 0.529. The van der Waals surface area contributed by atoms with E-state index in [4.69, 9.17) is 4.98 Å². The van der Waals surface area contributed by atoms with Crippen molar-refractivity contribution >= 4 is 39.0 Å². The summed E-state index contributed by atoms with van der Waals surface area (Å²) in [5.41, 5.74) is 9.19. The molecule has 0 aliphatic heterocycles. The van der Waals surface area contributed by atoms with Crippen LogP contribution in [0.2, 0.25) is 0 Å². The van der Waals surface area contributed by atoms with Gasteiger partial charge in [-0.2, -0.15) is 5.10 Å². The van der Waals surface area contributed by atoms with Gasteiger partial charge in [0.25, 0.3) is 0 Å². The molecule has 5 aromatic heterocycles. The van der Waals surface area contributed by atoms with E-state index >= 15 is 0 Å². The molecule has 0 aromatic carbocycles. The minimum atomic E-state index is 0.529. The third kappa shape index (κ3) is 4.50. The fourth-order valence-electron chi connectivity index (χ4n) is 5.23. The van der Waals surface area contributed by atoms with Gasteiger partial charge < -0.3 is 10.3 Å². The molecule has 190 valence electrons. The fourth-order valence-corrected chi connectivity index (χ4v) is 5.99. The first-order chi connectivity index (χ1) is 18.6. The molecular formula is C31H30N6S. The smallest absolute Gasteiger partial charge is 0.138 e. The van der Waals surface area contributed by atoms with Crippen LogP contribution >= 0.6 is 11.3 Å². The normalized spacial score (nSPS) is 15.0. The summed E-state index contributed by atoms with van der Waals surface area (Å²) in [6.45, 7) is 10.3. The van der Waals surface area contributed by atoms with Gasteiger partial charge in [0, 0.05) is 33.4 Å². The molecule has 5 aromatic rings. The van der Waals surface area contributed by atoms with Crippen molar-refractivity contribution in [2.45, 2.75) is 32.6 Å². The van der Waals surface area contributed by atoms with Crippen LogP contribution in [0, 0.1) is 5.92 Å². The van der Waals surface area contributed by atoms with Crippen molar-refractivity contribution in [3.8, 4) is 21.8 Å². The second-order valence-electron chi connectivity index (χ2n) is 9.63. The van der Waals surface area contributed by atoms with Gasteiger partial charge in [0.1, 0.15) is 16.9 Å². The molecule has 0 atom stereocenters. The second kappa shape index (κ2) is 10.3. The van der Waals surface area contributed by atoms with Crippen LogP contribution in [0.1, 0.15) is 38.3 Å². The van der Waals surface area contributed by atoms with Crippen LogP contribution in [0.15, 0.2) is 90.8 Å². The van der Waals surface area contributed by atoms with E-state index in [2.05, 4.69) is 80.4 Å². The van der Waals surface area contributed by atoms with Crippen LogP contribution in [-0.4, -0.2) is 25.1 Å². The summed E-state index contributed by atoms with van der Waals surface area (Å²) in [4.78, 5) is 14.3. The number of allylic oxidation sites excluding steroid dienone is 5. The van der Waals surface area contributed by atoms with E-state index in [1.165, 1.54) is 30.6 Å². The standard InChI is InChI=1S/C31H30N6S/c1-4-20(17-22(5-2)33-19(3)21-9-6-7-10-21)25-12-13-26-29(34-25)30(37-36-26)27-18-24-23(28-11-8-16-38-28)14-15-32-31(24)35-27/h4-5,8,11-18,21,33H,2-3,6-7,9-10H2,1H3,(H,32,35)(H,36,37)/b20-4+,22-17+. The minimum Gasteiger partial charge on any atom is -0.359 e. The Bertz CT molecular complexity index is 1690. The van der Waals surface area contributed by atoms with E-state index < -0.39 is 0 Å². The van der Waals surface area contributed by atoms with Gasteiger partial charge in [-0.1, -0.05) is 38.1 Å². The lowest BCUT2D eigenvalue weighted by Crippen LogP contribution is -2.16. The summed E-state index contributed by atoms with van der Waals surface area (Å²) in [7, 11) is 0. The van der Waals surface area contributed by atoms with Crippen LogP contribution < -0.4 is 5.32 Å². The van der Waals surface area contributed by atoms with Crippen LogP contribution in [0.4, 0.5) is 0 Å². The third-order valence-electron chi connectivity index (χ3n) is 7.27. The Morgan fingerprint density at radius 3 is 2.82 bits per heavy atom. The molecule has 0 unspecified atom stereocenters. The summed E-state index contributed by atoms with van der Waals surface area (Å²) in [5, 5.41) is 14.4. The van der Waals surface area contributed by atoms with E-state index in [-0.39, 0.29) is 0 Å². The lowest BCUT2D eigenvalue weighted by Gasteiger charge is -2.16. The Morgan fingerprint density at radius 2 is 2.05 bits per heavy atom. The molecule has 1 aliphatic rings. The maximum atomic E-state index is 5.04. The van der Waals surface area contributed by atoms with Gasteiger partial charge in [-0.3, -0.25) is 5.10 Å². The van der Waals surface area contributed by atoms with Gasteiger partial charge in [0.15, 0.2) is 0 Å². The zero-order valence-electron chi connectivity index (χ0n) is 21.4. The molecule has 1 aliphatic carbocycles. The van der Waals surface area contributed by atoms with Gasteiger partial charge in [0.2, 0.25) is 0 Å². The van der Waals surface area contributed by atoms with Crippen molar-refractivity contribution in [3.63, 3.8) is 0 Å². The Kier molecular flexibility index (Phi) is 6.52. The third-order valence-corrected chi connectivity index (χ3v) is 8.18. The summed E-state index contributed by atoms with van der Waals surface area (Å²) in [5.74, 6) is 0.529. The van der Waals surface area contributed by atoms with E-state index in [0.29, 0.717) is 5.92 Å². The number of hydrogen-bond donors (Lipinski definition) is 3. The number of aromatic nitrogens is 5. The van der Waals surface area contributed by atoms with Gasteiger partial charge in [-0.25, -0.2) is 9.97 Å². The van der Waals surface area contributed by atoms with E-state index in [9.17, 15) is 0 Å². The SMILES string of the molecule is C=C/C(=C\C(=C/C)c1ccc2[nH]nc(-c3cc4c(-c5cccs5)ccnc4[nH]3)c2n1)NC(=C)C1CCCC1. The second-order valence-corrected chi connectivity index (χ2v) is 10.6. The monoisotopic (exact) mass is 518 g/mol. The molecule has 0 radical (unpaired) electrons. The number of fused-ring (bicyclic) bond motifs is 2. The molecule has 38 heavy (non-hydrogen) atoms. The molecule has 3 N–H and O–H groups in total. The molecule has 6 nitrogen and oxygen atoms in total. The Balaban J connectivity index is 1.35. The average Bonchev–Trinajstić information content (AvgIpc) is 3.75. The first-order valence-electron chi connectivity index (χ1n) is 13.0. The number of thiophene rings is 1. The largest absolute Gasteiger partial charge is 0.359 e. The molecule has 6 rings (SSSR count). The number of pyridine rings is 2. The Labute approximate surface area is 225 Å². The van der Waals surface area contributed by atoms with E-state index in [1.807, 2.05) is 31.3 Å². The summed E-state index contributed by atoms with van der Waals surface area (Å²) in [6, 6.07) is 12.4. The number of hydrogen-bond acceptors (Lipinski definition) is 5. The maximum absolute atomic E-state index is 5.04. The highest BCUT2D eigenvalue weighted by molar-refractivity contribution is 7.13. The number of nitrogens with one attached hydrogen (secondary N) is 3. The molecule has 1 saturated carbocycles. The van der Waals surface area contributed by atoms with Crippen molar-refractivity contribution in [3.05, 3.63) is 96.4 Å². The van der Waals surface area contributed by atoms with Crippen molar-refractivity contribution in [1.82, 2.24) is 30.5 Å². The average molecular weight is 519 g/mol. The first kappa shape index (κ1) is 24.1. The quantitative estimate of drug-likeness (QED) is 0.182.